The monoisotopic (exact) mass is 503 g/mol. The predicted octanol–water partition coefficient (Wildman–Crippen LogP) is 3.61. The average Bonchev–Trinajstić information content (AvgIpc) is 2.84. The van der Waals surface area contributed by atoms with Crippen molar-refractivity contribution in [3.05, 3.63) is 46.3 Å². The van der Waals surface area contributed by atoms with E-state index >= 15 is 0 Å². The fourth-order valence-electron chi connectivity index (χ4n) is 4.74. The number of rotatable bonds is 9. The van der Waals surface area contributed by atoms with Crippen molar-refractivity contribution in [1.82, 2.24) is 5.32 Å². The Labute approximate surface area is 210 Å². The SMILES string of the molecule is CCSCCOC(=O)C1=C(C)NC2=C(C(=O)[C@@H](C(=O)OC)[C@@H](C)C2)[C@@H]1c1cc(OC)ccc1OC. The van der Waals surface area contributed by atoms with Gasteiger partial charge in [0.05, 0.1) is 32.8 Å². The van der Waals surface area contributed by atoms with E-state index in [4.69, 9.17) is 18.9 Å². The van der Waals surface area contributed by atoms with Crippen molar-refractivity contribution in [1.29, 1.82) is 0 Å². The number of esters is 2. The maximum absolute atomic E-state index is 13.8. The Hall–Kier alpha value is -2.94. The average molecular weight is 504 g/mol. The highest BCUT2D eigenvalue weighted by molar-refractivity contribution is 7.99. The first kappa shape index (κ1) is 26.7. The van der Waals surface area contributed by atoms with Crippen molar-refractivity contribution in [2.75, 3.05) is 39.4 Å². The molecule has 1 aromatic rings. The maximum atomic E-state index is 13.8. The van der Waals surface area contributed by atoms with Gasteiger partial charge in [0.2, 0.25) is 0 Å². The number of ether oxygens (including phenoxy) is 4. The first-order valence-electron chi connectivity index (χ1n) is 11.6. The van der Waals surface area contributed by atoms with Crippen LogP contribution in [0.2, 0.25) is 0 Å². The van der Waals surface area contributed by atoms with Crippen molar-refractivity contribution < 1.29 is 33.3 Å². The molecule has 8 nitrogen and oxygen atoms in total. The summed E-state index contributed by atoms with van der Waals surface area (Å²) >= 11 is 1.67. The number of benzene rings is 1. The number of carbonyl (C=O) groups is 3. The van der Waals surface area contributed by atoms with Gasteiger partial charge < -0.3 is 24.3 Å². The summed E-state index contributed by atoms with van der Waals surface area (Å²) in [6, 6.07) is 5.24. The molecule has 0 spiro atoms. The molecule has 3 atom stereocenters. The highest BCUT2D eigenvalue weighted by atomic mass is 32.2. The lowest BCUT2D eigenvalue weighted by Crippen LogP contribution is -2.43. The van der Waals surface area contributed by atoms with Gasteiger partial charge in [-0.2, -0.15) is 11.8 Å². The first-order chi connectivity index (χ1) is 16.8. The van der Waals surface area contributed by atoms with E-state index in [2.05, 4.69) is 5.32 Å². The second-order valence-corrected chi connectivity index (χ2v) is 9.87. The summed E-state index contributed by atoms with van der Waals surface area (Å²) in [5, 5.41) is 3.26. The van der Waals surface area contributed by atoms with E-state index < -0.39 is 23.8 Å². The molecule has 9 heteroatoms. The number of thioether (sulfide) groups is 1. The van der Waals surface area contributed by atoms with Crippen LogP contribution in [-0.2, 0) is 23.9 Å². The zero-order valence-corrected chi connectivity index (χ0v) is 21.9. The van der Waals surface area contributed by atoms with Crippen LogP contribution in [0.4, 0.5) is 0 Å². The number of ketones is 1. The van der Waals surface area contributed by atoms with Crippen molar-refractivity contribution in [2.45, 2.75) is 33.1 Å². The number of methoxy groups -OCH3 is 3. The molecule has 0 aromatic heterocycles. The van der Waals surface area contributed by atoms with E-state index in [1.165, 1.54) is 14.2 Å². The molecule has 1 aliphatic carbocycles. The molecular weight excluding hydrogens is 470 g/mol. The fraction of sp³-hybridized carbons (Fsp3) is 0.500. The highest BCUT2D eigenvalue weighted by Gasteiger charge is 2.48. The lowest BCUT2D eigenvalue weighted by Gasteiger charge is -2.38. The zero-order chi connectivity index (χ0) is 25.7. The molecule has 0 unspecified atom stereocenters. The highest BCUT2D eigenvalue weighted by Crippen LogP contribution is 2.48. The summed E-state index contributed by atoms with van der Waals surface area (Å²) in [4.78, 5) is 39.8. The van der Waals surface area contributed by atoms with Gasteiger partial charge in [-0.25, -0.2) is 4.79 Å². The molecule has 1 N–H and O–H groups in total. The normalized spacial score (nSPS) is 21.8. The summed E-state index contributed by atoms with van der Waals surface area (Å²) < 4.78 is 21.6. The molecule has 0 saturated heterocycles. The second kappa shape index (κ2) is 11.7. The molecule has 1 aromatic carbocycles. The van der Waals surface area contributed by atoms with Crippen molar-refractivity contribution in [2.24, 2.45) is 11.8 Å². The molecule has 0 bridgehead atoms. The smallest absolute Gasteiger partial charge is 0.336 e. The van der Waals surface area contributed by atoms with Crippen molar-refractivity contribution >= 4 is 29.5 Å². The number of carbonyl (C=O) groups excluding carboxylic acids is 3. The largest absolute Gasteiger partial charge is 0.497 e. The van der Waals surface area contributed by atoms with Gasteiger partial charge in [-0.1, -0.05) is 13.8 Å². The second-order valence-electron chi connectivity index (χ2n) is 8.48. The summed E-state index contributed by atoms with van der Waals surface area (Å²) in [6.45, 7) is 5.93. The van der Waals surface area contributed by atoms with Crippen LogP contribution in [0.1, 0.15) is 38.7 Å². The number of Topliss-reactive ketones (excluding diaryl/α,β-unsaturated/α-hetero) is 1. The van der Waals surface area contributed by atoms with Crippen LogP contribution < -0.4 is 14.8 Å². The Kier molecular flexibility index (Phi) is 8.88. The van der Waals surface area contributed by atoms with Crippen LogP contribution >= 0.6 is 11.8 Å². The maximum Gasteiger partial charge on any atom is 0.336 e. The number of nitrogens with one attached hydrogen (secondary N) is 1. The number of allylic oxidation sites excluding steroid dienone is 3. The van der Waals surface area contributed by atoms with Crippen LogP contribution in [0.5, 0.6) is 11.5 Å². The van der Waals surface area contributed by atoms with Gasteiger partial charge in [0.25, 0.3) is 0 Å². The number of hydrogen-bond acceptors (Lipinski definition) is 9. The van der Waals surface area contributed by atoms with Gasteiger partial charge >= 0.3 is 11.9 Å². The molecule has 0 fully saturated rings. The van der Waals surface area contributed by atoms with E-state index in [-0.39, 0.29) is 18.3 Å². The van der Waals surface area contributed by atoms with E-state index in [1.54, 1.807) is 44.0 Å². The standard InChI is InChI=1S/C26H33NO7S/c1-7-35-11-10-34-26(30)21-15(3)27-18-12-14(2)20(25(29)33-6)24(28)23(18)22(21)17-13-16(31-4)8-9-19(17)32-5/h8-9,13-14,20,22,27H,7,10-12H2,1-6H3/t14-,20-,22+/m0/s1. The topological polar surface area (TPSA) is 100 Å². The van der Waals surface area contributed by atoms with E-state index in [0.717, 1.165) is 5.75 Å². The van der Waals surface area contributed by atoms with Crippen LogP contribution in [0.3, 0.4) is 0 Å². The van der Waals surface area contributed by atoms with Crippen LogP contribution in [0, 0.1) is 11.8 Å². The Balaban J connectivity index is 2.17. The third-order valence-corrected chi connectivity index (χ3v) is 7.24. The minimum absolute atomic E-state index is 0.248. The minimum Gasteiger partial charge on any atom is -0.497 e. The molecule has 1 aliphatic heterocycles. The minimum atomic E-state index is -0.962. The lowest BCUT2D eigenvalue weighted by atomic mass is 9.69. The quantitative estimate of drug-likeness (QED) is 0.308. The first-order valence-corrected chi connectivity index (χ1v) is 12.7. The lowest BCUT2D eigenvalue weighted by molar-refractivity contribution is -0.151. The van der Waals surface area contributed by atoms with E-state index in [0.29, 0.717) is 51.8 Å². The van der Waals surface area contributed by atoms with Crippen molar-refractivity contribution in [3.8, 4) is 11.5 Å². The third-order valence-electron chi connectivity index (χ3n) is 6.38. The van der Waals surface area contributed by atoms with Gasteiger partial charge in [0.1, 0.15) is 24.0 Å². The van der Waals surface area contributed by atoms with E-state index in [9.17, 15) is 14.4 Å². The summed E-state index contributed by atoms with van der Waals surface area (Å²) in [7, 11) is 4.34. The van der Waals surface area contributed by atoms with Gasteiger partial charge in [0, 0.05) is 28.3 Å². The molecule has 0 radical (unpaired) electrons. The molecule has 0 amide bonds. The summed E-state index contributed by atoms with van der Waals surface area (Å²) in [5.41, 5.74) is 2.53. The number of hydrogen-bond donors (Lipinski definition) is 1. The van der Waals surface area contributed by atoms with Gasteiger partial charge in [-0.15, -0.1) is 0 Å². The molecule has 0 saturated carbocycles. The molecular formula is C26H33NO7S. The van der Waals surface area contributed by atoms with Crippen LogP contribution in [0.15, 0.2) is 40.7 Å². The van der Waals surface area contributed by atoms with E-state index in [1.807, 2.05) is 13.8 Å². The summed E-state index contributed by atoms with van der Waals surface area (Å²) in [5.74, 6) is -0.865. The number of dihydropyridines is 1. The Bertz CT molecular complexity index is 1060. The Morgan fingerprint density at radius 2 is 1.91 bits per heavy atom. The Morgan fingerprint density at radius 3 is 2.54 bits per heavy atom. The third kappa shape index (κ3) is 5.34. The van der Waals surface area contributed by atoms with Crippen LogP contribution in [0.25, 0.3) is 0 Å². The predicted molar refractivity (Wildman–Crippen MR) is 133 cm³/mol. The zero-order valence-electron chi connectivity index (χ0n) is 21.1. The molecule has 35 heavy (non-hydrogen) atoms. The molecule has 1 heterocycles. The van der Waals surface area contributed by atoms with Gasteiger partial charge in [-0.05, 0) is 43.2 Å². The molecule has 190 valence electrons. The van der Waals surface area contributed by atoms with Crippen LogP contribution in [-0.4, -0.2) is 57.2 Å². The van der Waals surface area contributed by atoms with Gasteiger partial charge in [-0.3, -0.25) is 9.59 Å². The van der Waals surface area contributed by atoms with Crippen molar-refractivity contribution in [3.63, 3.8) is 0 Å². The fourth-order valence-corrected chi connectivity index (χ4v) is 5.23. The molecule has 2 aliphatic rings. The van der Waals surface area contributed by atoms with Gasteiger partial charge in [0.15, 0.2) is 5.78 Å². The summed E-state index contributed by atoms with van der Waals surface area (Å²) in [6.07, 6.45) is 0.455. The molecule has 3 rings (SSSR count). The Morgan fingerprint density at radius 1 is 1.17 bits per heavy atom.